The lowest BCUT2D eigenvalue weighted by Gasteiger charge is -2.11. The molecule has 0 saturated carbocycles. The van der Waals surface area contributed by atoms with Crippen molar-refractivity contribution in [2.24, 2.45) is 4.99 Å². The van der Waals surface area contributed by atoms with Gasteiger partial charge in [0.15, 0.2) is 5.96 Å². The summed E-state index contributed by atoms with van der Waals surface area (Å²) in [6.45, 7) is 5.82. The summed E-state index contributed by atoms with van der Waals surface area (Å²) in [5.74, 6) is 0.822. The maximum atomic E-state index is 5.41. The van der Waals surface area contributed by atoms with Crippen LogP contribution in [0.4, 0.5) is 0 Å². The fourth-order valence-electron chi connectivity index (χ4n) is 1.78. The quantitative estimate of drug-likeness (QED) is 0.231. The molecule has 1 aromatic rings. The largest absolute Gasteiger partial charge is 0.382 e. The van der Waals surface area contributed by atoms with Crippen LogP contribution in [0.1, 0.15) is 24.0 Å². The highest BCUT2D eigenvalue weighted by Crippen LogP contribution is 2.10. The van der Waals surface area contributed by atoms with Crippen molar-refractivity contribution in [3.63, 3.8) is 0 Å². The summed E-state index contributed by atoms with van der Waals surface area (Å²) in [6, 6.07) is 0. The van der Waals surface area contributed by atoms with Gasteiger partial charge in [-0.2, -0.15) is 0 Å². The molecule has 1 heterocycles. The lowest BCUT2D eigenvalue weighted by Crippen LogP contribution is -2.39. The topological polar surface area (TPSA) is 67.8 Å². The third-order valence-corrected chi connectivity index (χ3v) is 4.03. The highest BCUT2D eigenvalue weighted by atomic mass is 127. The van der Waals surface area contributed by atoms with E-state index in [1.54, 1.807) is 25.5 Å². The maximum absolute atomic E-state index is 5.41. The number of nitrogens with zero attached hydrogens (tertiary/aromatic N) is 2. The number of rotatable bonds is 11. The number of halogens is 1. The number of ether oxygens (including phenoxy) is 2. The van der Waals surface area contributed by atoms with Crippen molar-refractivity contribution in [3.05, 3.63) is 16.1 Å². The Morgan fingerprint density at radius 1 is 1.26 bits per heavy atom. The monoisotopic (exact) mass is 456 g/mol. The zero-order valence-corrected chi connectivity index (χ0v) is 17.4. The van der Waals surface area contributed by atoms with Gasteiger partial charge in [0, 0.05) is 45.7 Å². The van der Waals surface area contributed by atoms with Crippen LogP contribution >= 0.6 is 35.3 Å². The fourth-order valence-corrected chi connectivity index (χ4v) is 2.56. The molecule has 0 aliphatic rings. The number of aryl methyl sites for hydroxylation is 1. The molecule has 134 valence electrons. The fraction of sp³-hybridized carbons (Fsp3) is 0.733. The van der Waals surface area contributed by atoms with Gasteiger partial charge < -0.3 is 20.1 Å². The van der Waals surface area contributed by atoms with E-state index < -0.39 is 0 Å². The summed E-state index contributed by atoms with van der Waals surface area (Å²) in [4.78, 5) is 8.76. The normalized spacial score (nSPS) is 11.2. The minimum atomic E-state index is 0. The van der Waals surface area contributed by atoms with Crippen molar-refractivity contribution in [2.45, 2.75) is 26.2 Å². The van der Waals surface area contributed by atoms with E-state index in [9.17, 15) is 0 Å². The Bertz CT molecular complexity index is 429. The number of aromatic nitrogens is 1. The molecular formula is C15H29IN4O2S. The van der Waals surface area contributed by atoms with Crippen LogP contribution < -0.4 is 10.6 Å². The molecule has 0 fully saturated rings. The Kier molecular flexibility index (Phi) is 14.8. The van der Waals surface area contributed by atoms with Crippen LogP contribution in [0.25, 0.3) is 0 Å². The Morgan fingerprint density at radius 2 is 2.04 bits per heavy atom. The Morgan fingerprint density at radius 3 is 2.70 bits per heavy atom. The molecule has 0 atom stereocenters. The zero-order chi connectivity index (χ0) is 16.0. The van der Waals surface area contributed by atoms with Gasteiger partial charge in [0.25, 0.3) is 0 Å². The van der Waals surface area contributed by atoms with Gasteiger partial charge in [-0.15, -0.1) is 35.3 Å². The standard InChI is InChI=1S/C15H28N4O2S.HI/c1-4-14-19-13(12-22-14)6-8-18-15(16-2)17-7-5-9-21-11-10-20-3;/h12H,4-11H2,1-3H3,(H2,16,17,18);1H. The second kappa shape index (κ2) is 15.1. The van der Waals surface area contributed by atoms with E-state index in [-0.39, 0.29) is 24.0 Å². The van der Waals surface area contributed by atoms with Gasteiger partial charge in [0.1, 0.15) is 0 Å². The van der Waals surface area contributed by atoms with Crippen LogP contribution in [0.3, 0.4) is 0 Å². The number of nitrogens with one attached hydrogen (secondary N) is 2. The van der Waals surface area contributed by atoms with E-state index in [2.05, 4.69) is 32.9 Å². The molecule has 0 amide bonds. The van der Waals surface area contributed by atoms with E-state index in [0.717, 1.165) is 50.6 Å². The average molecular weight is 456 g/mol. The van der Waals surface area contributed by atoms with Gasteiger partial charge in [-0.3, -0.25) is 4.99 Å². The number of hydrogen-bond donors (Lipinski definition) is 2. The van der Waals surface area contributed by atoms with E-state index in [0.29, 0.717) is 13.2 Å². The molecule has 0 unspecified atom stereocenters. The first-order valence-electron chi connectivity index (χ1n) is 7.74. The van der Waals surface area contributed by atoms with Crippen molar-refractivity contribution >= 4 is 41.3 Å². The average Bonchev–Trinajstić information content (AvgIpc) is 3.00. The molecule has 1 aromatic heterocycles. The van der Waals surface area contributed by atoms with Gasteiger partial charge in [0.2, 0.25) is 0 Å². The molecule has 2 N–H and O–H groups in total. The molecule has 0 aliphatic carbocycles. The van der Waals surface area contributed by atoms with Crippen molar-refractivity contribution < 1.29 is 9.47 Å². The third-order valence-electron chi connectivity index (χ3n) is 2.99. The molecule has 0 aromatic carbocycles. The van der Waals surface area contributed by atoms with Crippen molar-refractivity contribution in [1.82, 2.24) is 15.6 Å². The van der Waals surface area contributed by atoms with E-state index in [4.69, 9.17) is 9.47 Å². The lowest BCUT2D eigenvalue weighted by molar-refractivity contribution is 0.0698. The van der Waals surface area contributed by atoms with Crippen LogP contribution in [0.2, 0.25) is 0 Å². The van der Waals surface area contributed by atoms with Gasteiger partial charge in [0.05, 0.1) is 23.9 Å². The van der Waals surface area contributed by atoms with Crippen LogP contribution in [0.15, 0.2) is 10.4 Å². The van der Waals surface area contributed by atoms with Crippen LogP contribution in [0, 0.1) is 0 Å². The second-order valence-electron chi connectivity index (χ2n) is 4.72. The minimum Gasteiger partial charge on any atom is -0.382 e. The summed E-state index contributed by atoms with van der Waals surface area (Å²) in [5.41, 5.74) is 1.15. The van der Waals surface area contributed by atoms with Gasteiger partial charge in [-0.05, 0) is 12.8 Å². The van der Waals surface area contributed by atoms with Gasteiger partial charge >= 0.3 is 0 Å². The zero-order valence-electron chi connectivity index (χ0n) is 14.3. The maximum Gasteiger partial charge on any atom is 0.190 e. The number of methoxy groups -OCH3 is 1. The molecule has 6 nitrogen and oxygen atoms in total. The van der Waals surface area contributed by atoms with Crippen molar-refractivity contribution in [3.8, 4) is 0 Å². The van der Waals surface area contributed by atoms with Crippen molar-refractivity contribution in [1.29, 1.82) is 0 Å². The molecule has 23 heavy (non-hydrogen) atoms. The summed E-state index contributed by atoms with van der Waals surface area (Å²) in [5, 5.41) is 9.90. The molecule has 1 rings (SSSR count). The molecule has 0 spiro atoms. The first-order chi connectivity index (χ1) is 10.8. The summed E-state index contributed by atoms with van der Waals surface area (Å²) in [6.07, 6.45) is 2.86. The molecule has 0 radical (unpaired) electrons. The number of hydrogen-bond acceptors (Lipinski definition) is 5. The van der Waals surface area contributed by atoms with E-state index in [1.807, 2.05) is 0 Å². The van der Waals surface area contributed by atoms with Gasteiger partial charge in [-0.1, -0.05) is 6.92 Å². The number of guanidine groups is 1. The first-order valence-corrected chi connectivity index (χ1v) is 8.62. The predicted octanol–water partition coefficient (Wildman–Crippen LogP) is 2.08. The molecule has 0 bridgehead atoms. The summed E-state index contributed by atoms with van der Waals surface area (Å²) >= 11 is 1.73. The van der Waals surface area contributed by atoms with Crippen molar-refractivity contribution in [2.75, 3.05) is 47.1 Å². The number of thiazole rings is 1. The highest BCUT2D eigenvalue weighted by molar-refractivity contribution is 14.0. The van der Waals surface area contributed by atoms with E-state index >= 15 is 0 Å². The van der Waals surface area contributed by atoms with Gasteiger partial charge in [-0.25, -0.2) is 4.98 Å². The number of aliphatic imine (C=N–C) groups is 1. The molecular weight excluding hydrogens is 427 g/mol. The molecule has 0 aliphatic heterocycles. The first kappa shape index (κ1) is 22.6. The minimum absolute atomic E-state index is 0. The smallest absolute Gasteiger partial charge is 0.190 e. The third kappa shape index (κ3) is 10.9. The SMILES string of the molecule is CCc1nc(CCNC(=NC)NCCCOCCOC)cs1.I. The Balaban J connectivity index is 0.00000484. The van der Waals surface area contributed by atoms with E-state index in [1.165, 1.54) is 5.01 Å². The Labute approximate surface area is 160 Å². The van der Waals surface area contributed by atoms with Crippen LogP contribution in [-0.2, 0) is 22.3 Å². The summed E-state index contributed by atoms with van der Waals surface area (Å²) < 4.78 is 10.3. The molecule has 8 heteroatoms. The predicted molar refractivity (Wildman–Crippen MR) is 107 cm³/mol. The second-order valence-corrected chi connectivity index (χ2v) is 5.66. The van der Waals surface area contributed by atoms with Crippen LogP contribution in [0.5, 0.6) is 0 Å². The lowest BCUT2D eigenvalue weighted by atomic mass is 10.3. The Hall–Kier alpha value is -0.450. The summed E-state index contributed by atoms with van der Waals surface area (Å²) in [7, 11) is 3.46. The molecule has 0 saturated heterocycles. The highest BCUT2D eigenvalue weighted by Gasteiger charge is 2.01. The van der Waals surface area contributed by atoms with Crippen LogP contribution in [-0.4, -0.2) is 58.0 Å².